The summed E-state index contributed by atoms with van der Waals surface area (Å²) in [5.74, 6) is -2.81. The van der Waals surface area contributed by atoms with E-state index >= 15 is 0 Å². The highest BCUT2D eigenvalue weighted by Crippen LogP contribution is 2.16. The van der Waals surface area contributed by atoms with E-state index < -0.39 is 12.1 Å². The molecule has 0 rings (SSSR count). The molecule has 9 heteroatoms. The van der Waals surface area contributed by atoms with Gasteiger partial charge in [0.25, 0.3) is 0 Å². The molecule has 0 saturated heterocycles. The summed E-state index contributed by atoms with van der Waals surface area (Å²) in [6, 6.07) is 0. The number of nitrogens with two attached hydrogens (primary N) is 1. The molecule has 0 radical (unpaired) electrons. The first-order valence-corrected chi connectivity index (χ1v) is 4.25. The van der Waals surface area contributed by atoms with Gasteiger partial charge in [-0.1, -0.05) is 0 Å². The van der Waals surface area contributed by atoms with Crippen molar-refractivity contribution in [3.8, 4) is 0 Å². The molecule has 0 heterocycles. The molecule has 0 atom stereocenters. The smallest absolute Gasteiger partial charge is 0.354 e. The van der Waals surface area contributed by atoms with Gasteiger partial charge in [0.1, 0.15) is 6.61 Å². The zero-order valence-corrected chi connectivity index (χ0v) is 8.17. The molecule has 0 bridgehead atoms. The SMILES string of the molecule is NCCC(=O)NCCOOC(=O)C(F)(F)F. The number of rotatable bonds is 6. The number of amides is 1. The van der Waals surface area contributed by atoms with E-state index in [4.69, 9.17) is 5.73 Å². The molecular formula is C7H11F3N2O4. The molecule has 0 unspecified atom stereocenters. The summed E-state index contributed by atoms with van der Waals surface area (Å²) in [5, 5.41) is 2.28. The second-order valence-electron chi connectivity index (χ2n) is 2.58. The van der Waals surface area contributed by atoms with Gasteiger partial charge in [0, 0.05) is 19.5 Å². The topological polar surface area (TPSA) is 90.7 Å². The summed E-state index contributed by atoms with van der Waals surface area (Å²) in [6.45, 7) is -0.294. The zero-order valence-electron chi connectivity index (χ0n) is 8.17. The first-order chi connectivity index (χ1) is 7.38. The predicted molar refractivity (Wildman–Crippen MR) is 44.8 cm³/mol. The van der Waals surface area contributed by atoms with Crippen molar-refractivity contribution >= 4 is 11.9 Å². The Kier molecular flexibility index (Phi) is 6.42. The van der Waals surface area contributed by atoms with Crippen molar-refractivity contribution in [2.75, 3.05) is 19.7 Å². The van der Waals surface area contributed by atoms with Crippen LogP contribution >= 0.6 is 0 Å². The summed E-state index contributed by atoms with van der Waals surface area (Å²) in [4.78, 5) is 28.2. The minimum Gasteiger partial charge on any atom is -0.354 e. The van der Waals surface area contributed by atoms with E-state index in [1.165, 1.54) is 0 Å². The van der Waals surface area contributed by atoms with Crippen LogP contribution in [0.2, 0.25) is 0 Å². The molecule has 94 valence electrons. The molecule has 6 nitrogen and oxygen atoms in total. The molecule has 0 spiro atoms. The molecule has 0 aliphatic rings. The maximum absolute atomic E-state index is 11.5. The lowest BCUT2D eigenvalue weighted by molar-refractivity contribution is -0.300. The van der Waals surface area contributed by atoms with E-state index in [0.29, 0.717) is 0 Å². The van der Waals surface area contributed by atoms with E-state index in [9.17, 15) is 22.8 Å². The van der Waals surface area contributed by atoms with Gasteiger partial charge in [-0.3, -0.25) is 9.68 Å². The molecule has 0 saturated carbocycles. The van der Waals surface area contributed by atoms with Crippen LogP contribution in [0.1, 0.15) is 6.42 Å². The molecule has 0 aromatic rings. The second kappa shape index (κ2) is 7.01. The quantitative estimate of drug-likeness (QED) is 0.373. The fourth-order valence-electron chi connectivity index (χ4n) is 0.594. The highest BCUT2D eigenvalue weighted by atomic mass is 19.4. The van der Waals surface area contributed by atoms with Gasteiger partial charge in [-0.15, -0.1) is 0 Å². The average molecular weight is 244 g/mol. The summed E-state index contributed by atoms with van der Waals surface area (Å²) in [7, 11) is 0. The van der Waals surface area contributed by atoms with Gasteiger partial charge in [-0.25, -0.2) is 4.79 Å². The van der Waals surface area contributed by atoms with Crippen molar-refractivity contribution in [2.24, 2.45) is 5.73 Å². The Balaban J connectivity index is 3.48. The Morgan fingerprint density at radius 2 is 1.94 bits per heavy atom. The maximum atomic E-state index is 11.5. The third-order valence-electron chi connectivity index (χ3n) is 1.25. The second-order valence-corrected chi connectivity index (χ2v) is 2.58. The van der Waals surface area contributed by atoms with E-state index in [1.807, 2.05) is 0 Å². The number of carbonyl (C=O) groups excluding carboxylic acids is 2. The summed E-state index contributed by atoms with van der Waals surface area (Å²) in [5.41, 5.74) is 5.06. The van der Waals surface area contributed by atoms with Gasteiger partial charge < -0.3 is 11.1 Å². The van der Waals surface area contributed by atoms with E-state index in [-0.39, 0.29) is 32.0 Å². The highest BCUT2D eigenvalue weighted by Gasteiger charge is 2.42. The number of halogens is 3. The first-order valence-electron chi connectivity index (χ1n) is 4.25. The van der Waals surface area contributed by atoms with Crippen LogP contribution in [0.15, 0.2) is 0 Å². The highest BCUT2D eigenvalue weighted by molar-refractivity contribution is 5.76. The van der Waals surface area contributed by atoms with Crippen LogP contribution in [0.3, 0.4) is 0 Å². The maximum Gasteiger partial charge on any atom is 0.494 e. The molecule has 0 aromatic carbocycles. The minimum atomic E-state index is -5.09. The Morgan fingerprint density at radius 1 is 1.31 bits per heavy atom. The number of nitrogens with one attached hydrogen (secondary N) is 1. The van der Waals surface area contributed by atoms with Gasteiger partial charge in [-0.05, 0) is 0 Å². The summed E-state index contributed by atoms with van der Waals surface area (Å²) >= 11 is 0. The van der Waals surface area contributed by atoms with Crippen molar-refractivity contribution < 1.29 is 32.5 Å². The van der Waals surface area contributed by atoms with Crippen LogP contribution in [0.25, 0.3) is 0 Å². The van der Waals surface area contributed by atoms with Crippen molar-refractivity contribution in [1.82, 2.24) is 5.32 Å². The Hall–Kier alpha value is -1.35. The number of alkyl halides is 3. The first kappa shape index (κ1) is 14.6. The Bertz CT molecular complexity index is 244. The van der Waals surface area contributed by atoms with Crippen LogP contribution in [0, 0.1) is 0 Å². The minimum absolute atomic E-state index is 0.0794. The van der Waals surface area contributed by atoms with Gasteiger partial charge in [0.15, 0.2) is 0 Å². The largest absolute Gasteiger partial charge is 0.494 e. The molecule has 1 amide bonds. The van der Waals surface area contributed by atoms with Gasteiger partial charge in [0.05, 0.1) is 0 Å². The molecule has 0 aromatic heterocycles. The van der Waals surface area contributed by atoms with Crippen LogP contribution in [0.4, 0.5) is 13.2 Å². The fraction of sp³-hybridized carbons (Fsp3) is 0.714. The van der Waals surface area contributed by atoms with E-state index in [0.717, 1.165) is 0 Å². The predicted octanol–water partition coefficient (Wildman–Crippen LogP) is -0.511. The zero-order chi connectivity index (χ0) is 12.6. The third kappa shape index (κ3) is 7.01. The normalized spacial score (nSPS) is 11.0. The molecule has 16 heavy (non-hydrogen) atoms. The summed E-state index contributed by atoms with van der Waals surface area (Å²) < 4.78 is 34.6. The van der Waals surface area contributed by atoms with E-state index in [2.05, 4.69) is 15.1 Å². The Morgan fingerprint density at radius 3 is 2.44 bits per heavy atom. The number of hydrogen-bond donors (Lipinski definition) is 2. The molecular weight excluding hydrogens is 233 g/mol. The average Bonchev–Trinajstić information content (AvgIpc) is 2.16. The molecule has 0 aliphatic heterocycles. The van der Waals surface area contributed by atoms with Crippen LogP contribution in [-0.4, -0.2) is 37.7 Å². The lowest BCUT2D eigenvalue weighted by Gasteiger charge is -2.06. The van der Waals surface area contributed by atoms with Crippen molar-refractivity contribution in [1.29, 1.82) is 0 Å². The fourth-order valence-corrected chi connectivity index (χ4v) is 0.594. The van der Waals surface area contributed by atoms with Crippen LogP contribution < -0.4 is 11.1 Å². The monoisotopic (exact) mass is 244 g/mol. The standard InChI is InChI=1S/C7H11F3N2O4/c8-7(9,10)6(14)16-15-4-3-12-5(13)1-2-11/h1-4,11H2,(H,12,13). The molecule has 0 aliphatic carbocycles. The van der Waals surface area contributed by atoms with Crippen molar-refractivity contribution in [3.05, 3.63) is 0 Å². The lowest BCUT2D eigenvalue weighted by atomic mass is 10.4. The van der Waals surface area contributed by atoms with Gasteiger partial charge in [0.2, 0.25) is 5.91 Å². The van der Waals surface area contributed by atoms with Gasteiger partial charge >= 0.3 is 12.1 Å². The van der Waals surface area contributed by atoms with Gasteiger partial charge in [-0.2, -0.15) is 18.1 Å². The summed E-state index contributed by atoms with van der Waals surface area (Å²) in [6.07, 6.45) is -4.99. The van der Waals surface area contributed by atoms with E-state index in [1.54, 1.807) is 0 Å². The van der Waals surface area contributed by atoms with Crippen LogP contribution in [-0.2, 0) is 19.4 Å². The Labute approximate surface area is 88.8 Å². The van der Waals surface area contributed by atoms with Crippen molar-refractivity contribution in [2.45, 2.75) is 12.6 Å². The lowest BCUT2D eigenvalue weighted by Crippen LogP contribution is -2.30. The molecule has 0 fully saturated rings. The van der Waals surface area contributed by atoms with Crippen LogP contribution in [0.5, 0.6) is 0 Å². The number of carbonyl (C=O) groups is 2. The van der Waals surface area contributed by atoms with Crippen molar-refractivity contribution in [3.63, 3.8) is 0 Å². The number of hydrogen-bond acceptors (Lipinski definition) is 5. The third-order valence-corrected chi connectivity index (χ3v) is 1.25. The molecule has 3 N–H and O–H groups in total.